The van der Waals surface area contributed by atoms with Crippen LogP contribution in [-0.4, -0.2) is 16.9 Å². The van der Waals surface area contributed by atoms with Crippen molar-refractivity contribution >= 4 is 58.2 Å². The van der Waals surface area contributed by atoms with Crippen LogP contribution in [0.4, 0.5) is 15.9 Å². The van der Waals surface area contributed by atoms with E-state index < -0.39 is 11.7 Å². The van der Waals surface area contributed by atoms with Crippen LogP contribution in [0.15, 0.2) is 64.4 Å². The van der Waals surface area contributed by atoms with Gasteiger partial charge in [-0.1, -0.05) is 40.9 Å². The van der Waals surface area contributed by atoms with E-state index in [1.54, 1.807) is 0 Å². The zero-order valence-electron chi connectivity index (χ0n) is 14.5. The lowest BCUT2D eigenvalue weighted by atomic mass is 10.2. The molecule has 3 aromatic rings. The fourth-order valence-corrected chi connectivity index (χ4v) is 2.81. The number of carbonyl (C=O) groups excluding carboxylic acids is 1. The van der Waals surface area contributed by atoms with Crippen molar-refractivity contribution in [2.75, 3.05) is 5.32 Å². The molecule has 10 heteroatoms. The highest BCUT2D eigenvalue weighted by atomic mass is 35.5. The summed E-state index contributed by atoms with van der Waals surface area (Å²) in [4.78, 5) is 30.8. The quantitative estimate of drug-likeness (QED) is 0.385. The van der Waals surface area contributed by atoms with Crippen LogP contribution in [-0.2, 0) is 0 Å². The number of amides is 1. The van der Waals surface area contributed by atoms with Crippen molar-refractivity contribution in [3.63, 3.8) is 0 Å². The van der Waals surface area contributed by atoms with Crippen molar-refractivity contribution in [3.8, 4) is 0 Å². The molecule has 1 heterocycles. The van der Waals surface area contributed by atoms with Crippen LogP contribution in [0.25, 0.3) is 0 Å². The van der Waals surface area contributed by atoms with Crippen LogP contribution in [0.5, 0.6) is 0 Å². The van der Waals surface area contributed by atoms with Crippen molar-refractivity contribution in [2.24, 2.45) is 4.99 Å². The number of hydrogen-bond donors (Lipinski definition) is 3. The van der Waals surface area contributed by atoms with Gasteiger partial charge in [0.15, 0.2) is 0 Å². The molecule has 1 amide bonds. The number of anilines is 1. The van der Waals surface area contributed by atoms with Gasteiger partial charge >= 0.3 is 0 Å². The Hall–Kier alpha value is -2.87. The molecular formula is C19H12Cl3FN4O2. The van der Waals surface area contributed by atoms with Crippen LogP contribution < -0.4 is 16.2 Å². The van der Waals surface area contributed by atoms with Crippen LogP contribution in [0, 0.1) is 5.82 Å². The first kappa shape index (κ1) is 20.9. The topological polar surface area (TPSA) is 86.3 Å². The number of nitrogens with one attached hydrogen (secondary N) is 3. The summed E-state index contributed by atoms with van der Waals surface area (Å²) in [6, 6.07) is 12.4. The standard InChI is InChI=1S/C19H12Cl3FN4O2/c20-11-7-12(23)9-13(8-11)24-19(26-16-2-1-3-17(28)25-16)27-18(29)10-4-5-14(21)15(22)6-10/h1-9H,(H3,24,25,26,27,28,29). The largest absolute Gasteiger partial charge is 0.325 e. The second kappa shape index (κ2) is 9.09. The Balaban J connectivity index is 1.94. The van der Waals surface area contributed by atoms with Gasteiger partial charge in [-0.2, -0.15) is 4.99 Å². The third-order valence-corrected chi connectivity index (χ3v) is 4.48. The third kappa shape index (κ3) is 5.80. The summed E-state index contributed by atoms with van der Waals surface area (Å²) in [6.07, 6.45) is 0. The highest BCUT2D eigenvalue weighted by molar-refractivity contribution is 6.42. The van der Waals surface area contributed by atoms with Gasteiger partial charge in [0, 0.05) is 22.3 Å². The number of hydrogen-bond acceptors (Lipinski definition) is 3. The number of aromatic nitrogens is 1. The van der Waals surface area contributed by atoms with E-state index in [2.05, 4.69) is 20.6 Å². The Morgan fingerprint density at radius 3 is 2.48 bits per heavy atom. The highest BCUT2D eigenvalue weighted by Gasteiger charge is 2.12. The van der Waals surface area contributed by atoms with Crippen molar-refractivity contribution in [1.82, 2.24) is 10.3 Å². The maximum Gasteiger partial charge on any atom is 0.258 e. The van der Waals surface area contributed by atoms with Gasteiger partial charge in [-0.15, -0.1) is 0 Å². The summed E-state index contributed by atoms with van der Waals surface area (Å²) in [7, 11) is 0. The average molecular weight is 454 g/mol. The predicted molar refractivity (Wildman–Crippen MR) is 113 cm³/mol. The molecule has 2 aromatic carbocycles. The van der Waals surface area contributed by atoms with Crippen LogP contribution in [0.1, 0.15) is 10.4 Å². The zero-order chi connectivity index (χ0) is 21.0. The molecule has 0 aliphatic carbocycles. The van der Waals surface area contributed by atoms with E-state index in [1.165, 1.54) is 48.5 Å². The summed E-state index contributed by atoms with van der Waals surface area (Å²) < 4.78 is 13.6. The SMILES string of the molecule is O=C(N/C(=N/c1cccc(=O)[nH]1)Nc1cc(F)cc(Cl)c1)c1ccc(Cl)c(Cl)c1. The fraction of sp³-hybridized carbons (Fsp3) is 0. The van der Waals surface area contributed by atoms with Gasteiger partial charge in [-0.25, -0.2) is 4.39 Å². The summed E-state index contributed by atoms with van der Waals surface area (Å²) in [6.45, 7) is 0. The number of halogens is 4. The number of guanidine groups is 1. The third-order valence-electron chi connectivity index (χ3n) is 3.52. The fourth-order valence-electron chi connectivity index (χ4n) is 2.29. The molecule has 0 atom stereocenters. The molecule has 0 spiro atoms. The number of rotatable bonds is 3. The maximum atomic E-state index is 13.6. The number of H-pyrrole nitrogens is 1. The van der Waals surface area contributed by atoms with Crippen LogP contribution >= 0.6 is 34.8 Å². The van der Waals surface area contributed by atoms with Crippen LogP contribution in [0.3, 0.4) is 0 Å². The second-order valence-corrected chi connectivity index (χ2v) is 6.98. The van der Waals surface area contributed by atoms with E-state index in [1.807, 2.05) is 0 Å². The molecular weight excluding hydrogens is 442 g/mol. The number of pyridine rings is 1. The van der Waals surface area contributed by atoms with Gasteiger partial charge in [0.05, 0.1) is 10.0 Å². The molecule has 0 aliphatic heterocycles. The van der Waals surface area contributed by atoms with Gasteiger partial charge in [0.25, 0.3) is 5.91 Å². The normalized spacial score (nSPS) is 11.2. The predicted octanol–water partition coefficient (Wildman–Crippen LogP) is 5.00. The van der Waals surface area contributed by atoms with Crippen molar-refractivity contribution < 1.29 is 9.18 Å². The molecule has 3 rings (SSSR count). The number of nitrogens with zero attached hydrogens (tertiary/aromatic N) is 1. The molecule has 0 unspecified atom stereocenters. The van der Waals surface area contributed by atoms with Crippen molar-refractivity contribution in [3.05, 3.63) is 91.4 Å². The lowest BCUT2D eigenvalue weighted by Gasteiger charge is -2.12. The van der Waals surface area contributed by atoms with Crippen molar-refractivity contribution in [2.45, 2.75) is 0 Å². The van der Waals surface area contributed by atoms with Gasteiger partial charge in [0.2, 0.25) is 11.5 Å². The Bertz CT molecular complexity index is 1140. The number of aliphatic imine (C=N–C) groups is 1. The minimum absolute atomic E-state index is 0.0791. The summed E-state index contributed by atoms with van der Waals surface area (Å²) in [5, 5.41) is 5.96. The molecule has 0 fully saturated rings. The molecule has 1 aromatic heterocycles. The first-order chi connectivity index (χ1) is 13.8. The Morgan fingerprint density at radius 2 is 1.79 bits per heavy atom. The molecule has 6 nitrogen and oxygen atoms in total. The lowest BCUT2D eigenvalue weighted by Crippen LogP contribution is -2.36. The van der Waals surface area contributed by atoms with Gasteiger partial charge in [-0.05, 0) is 42.5 Å². The highest BCUT2D eigenvalue weighted by Crippen LogP contribution is 2.23. The van der Waals surface area contributed by atoms with E-state index in [4.69, 9.17) is 34.8 Å². The minimum atomic E-state index is -0.580. The first-order valence-corrected chi connectivity index (χ1v) is 9.21. The summed E-state index contributed by atoms with van der Waals surface area (Å²) in [5.41, 5.74) is 0.0735. The van der Waals surface area contributed by atoms with Crippen molar-refractivity contribution in [1.29, 1.82) is 0 Å². The van der Waals surface area contributed by atoms with E-state index in [0.29, 0.717) is 5.02 Å². The van der Waals surface area contributed by atoms with E-state index >= 15 is 0 Å². The number of carbonyl (C=O) groups is 1. The Morgan fingerprint density at radius 1 is 1.00 bits per heavy atom. The average Bonchev–Trinajstić information content (AvgIpc) is 2.63. The molecule has 0 radical (unpaired) electrons. The Kier molecular flexibility index (Phi) is 6.53. The van der Waals surface area contributed by atoms with Gasteiger partial charge < -0.3 is 10.3 Å². The molecule has 0 bridgehead atoms. The van der Waals surface area contributed by atoms with E-state index in [0.717, 1.165) is 6.07 Å². The molecule has 3 N–H and O–H groups in total. The zero-order valence-corrected chi connectivity index (χ0v) is 16.7. The van der Waals surface area contributed by atoms with E-state index in [-0.39, 0.29) is 38.6 Å². The van der Waals surface area contributed by atoms with Gasteiger partial charge in [0.1, 0.15) is 11.6 Å². The summed E-state index contributed by atoms with van der Waals surface area (Å²) >= 11 is 17.7. The molecule has 29 heavy (non-hydrogen) atoms. The lowest BCUT2D eigenvalue weighted by molar-refractivity contribution is 0.0977. The van der Waals surface area contributed by atoms with E-state index in [9.17, 15) is 14.0 Å². The second-order valence-electron chi connectivity index (χ2n) is 5.73. The Labute approximate surface area is 179 Å². The summed E-state index contributed by atoms with van der Waals surface area (Å²) in [5.74, 6) is -1.06. The number of aromatic amines is 1. The monoisotopic (exact) mass is 452 g/mol. The molecule has 148 valence electrons. The number of benzene rings is 2. The first-order valence-electron chi connectivity index (χ1n) is 8.08. The van der Waals surface area contributed by atoms with Gasteiger partial charge in [-0.3, -0.25) is 14.9 Å². The van der Waals surface area contributed by atoms with Crippen LogP contribution in [0.2, 0.25) is 15.1 Å². The minimum Gasteiger partial charge on any atom is -0.325 e. The molecule has 0 aliphatic rings. The maximum absolute atomic E-state index is 13.6. The smallest absolute Gasteiger partial charge is 0.258 e. The molecule has 0 saturated heterocycles. The molecule has 0 saturated carbocycles.